The first kappa shape index (κ1) is 63.9. The van der Waals surface area contributed by atoms with Crippen LogP contribution in [0.2, 0.25) is 0 Å². The van der Waals surface area contributed by atoms with E-state index >= 15 is 0 Å². The number of likely N-dealkylation sites (tertiary alicyclic amines) is 1. The molecule has 1 aromatic carbocycles. The van der Waals surface area contributed by atoms with E-state index in [4.69, 9.17) is 23.7 Å². The molecule has 4 amide bonds. The van der Waals surface area contributed by atoms with Crippen LogP contribution >= 0.6 is 0 Å². The molecule has 0 aliphatic carbocycles. The first-order valence-corrected chi connectivity index (χ1v) is 27.0. The van der Waals surface area contributed by atoms with E-state index in [2.05, 4.69) is 15.6 Å². The molecule has 432 valence electrons. The summed E-state index contributed by atoms with van der Waals surface area (Å²) in [6, 6.07) is 0.702. The second-order valence-corrected chi connectivity index (χ2v) is 21.5. The molecular weight excluding hydrogens is 1000 g/mol. The number of ether oxygens (including phenoxy) is 5. The van der Waals surface area contributed by atoms with Crippen molar-refractivity contribution in [1.29, 1.82) is 0 Å². The average Bonchev–Trinajstić information content (AvgIpc) is 4.06. The summed E-state index contributed by atoms with van der Waals surface area (Å²) < 4.78 is 30.8. The number of nitrogens with one attached hydrogen (secondary N) is 1. The Balaban J connectivity index is 1.60. The van der Waals surface area contributed by atoms with Crippen molar-refractivity contribution in [2.75, 3.05) is 41.5 Å². The number of nitro groups is 1. The van der Waals surface area contributed by atoms with Crippen LogP contribution in [0.3, 0.4) is 0 Å². The van der Waals surface area contributed by atoms with Gasteiger partial charge in [0.2, 0.25) is 24.0 Å². The molecule has 3 N–H and O–H groups in total. The Bertz CT molecular complexity index is 2300. The maximum atomic E-state index is 14.8. The molecule has 2 aromatic rings. The van der Waals surface area contributed by atoms with E-state index in [-0.39, 0.29) is 66.7 Å². The van der Waals surface area contributed by atoms with E-state index in [0.29, 0.717) is 57.2 Å². The second kappa shape index (κ2) is 29.9. The summed E-state index contributed by atoms with van der Waals surface area (Å²) in [6.07, 6.45) is -0.0990. The molecule has 4 rings (SSSR count). The van der Waals surface area contributed by atoms with Crippen molar-refractivity contribution < 1.29 is 67.6 Å². The lowest BCUT2D eigenvalue weighted by Crippen LogP contribution is -2.60. The van der Waals surface area contributed by atoms with Gasteiger partial charge in [-0.05, 0) is 82.6 Å². The van der Waals surface area contributed by atoms with Crippen LogP contribution in [0.25, 0.3) is 0 Å². The number of methoxy groups -OCH3 is 2. The third kappa shape index (κ3) is 17.2. The molecule has 77 heavy (non-hydrogen) atoms. The number of Topliss-reactive ketones (excluding diaryl/α,β-unsaturated/α-hetero) is 2. The van der Waals surface area contributed by atoms with E-state index in [1.165, 1.54) is 55.8 Å². The van der Waals surface area contributed by atoms with E-state index in [0.717, 1.165) is 11.3 Å². The first-order valence-electron chi connectivity index (χ1n) is 27.0. The Hall–Kier alpha value is -5.62. The summed E-state index contributed by atoms with van der Waals surface area (Å²) in [5.41, 5.74) is 0.215. The van der Waals surface area contributed by atoms with Crippen molar-refractivity contribution in [3.05, 3.63) is 45.8 Å². The Morgan fingerprint density at radius 2 is 1.68 bits per heavy atom. The van der Waals surface area contributed by atoms with Crippen molar-refractivity contribution in [1.82, 2.24) is 35.0 Å². The number of aliphatic hydroxyl groups excluding tert-OH is 2. The summed E-state index contributed by atoms with van der Waals surface area (Å²) in [4.78, 5) is 98.2. The van der Waals surface area contributed by atoms with Gasteiger partial charge in [0.1, 0.15) is 35.9 Å². The predicted molar refractivity (Wildman–Crippen MR) is 282 cm³/mol. The van der Waals surface area contributed by atoms with Gasteiger partial charge in [0.05, 0.1) is 60.6 Å². The van der Waals surface area contributed by atoms with Gasteiger partial charge in [-0.3, -0.25) is 34.2 Å². The van der Waals surface area contributed by atoms with Gasteiger partial charge in [-0.1, -0.05) is 66.2 Å². The van der Waals surface area contributed by atoms with Gasteiger partial charge in [0.15, 0.2) is 5.75 Å². The zero-order valence-corrected chi connectivity index (χ0v) is 47.4. The van der Waals surface area contributed by atoms with E-state index < -0.39 is 101 Å². The molecule has 0 saturated carbocycles. The number of ketones is 2. The van der Waals surface area contributed by atoms with Crippen molar-refractivity contribution in [3.8, 4) is 5.75 Å². The molecule has 2 aliphatic rings. The van der Waals surface area contributed by atoms with Crippen LogP contribution in [0.4, 0.5) is 10.5 Å². The van der Waals surface area contributed by atoms with Crippen LogP contribution < -0.4 is 10.1 Å². The summed E-state index contributed by atoms with van der Waals surface area (Å²) in [5, 5.41) is 44.2. The topological polar surface area (TPSA) is 285 Å². The third-order valence-corrected chi connectivity index (χ3v) is 15.1. The Labute approximate surface area is 453 Å². The highest BCUT2D eigenvalue weighted by Gasteiger charge is 2.44. The number of carbonyl (C=O) groups is 6. The molecule has 23 nitrogen and oxygen atoms in total. The smallest absolute Gasteiger partial charge is 0.410 e. The molecule has 3 heterocycles. The lowest BCUT2D eigenvalue weighted by Gasteiger charge is -2.41. The number of hydrogen-bond donors (Lipinski definition) is 3. The summed E-state index contributed by atoms with van der Waals surface area (Å²) in [5.74, 6) is -3.05. The Morgan fingerprint density at radius 3 is 2.26 bits per heavy atom. The highest BCUT2D eigenvalue weighted by Crippen LogP contribution is 2.36. The number of aryl methyl sites for hydroxylation is 1. The number of aliphatic hydroxyl groups is 2. The van der Waals surface area contributed by atoms with Crippen molar-refractivity contribution >= 4 is 41.1 Å². The number of amides is 4. The molecule has 2 aliphatic heterocycles. The maximum absolute atomic E-state index is 14.8. The maximum Gasteiger partial charge on any atom is 0.410 e. The van der Waals surface area contributed by atoms with Gasteiger partial charge in [-0.25, -0.2) is 9.48 Å². The summed E-state index contributed by atoms with van der Waals surface area (Å²) >= 11 is 0. The Kier molecular flexibility index (Phi) is 24.8. The fourth-order valence-electron chi connectivity index (χ4n) is 10.4. The molecular formula is C54H86N8O15. The lowest BCUT2D eigenvalue weighted by molar-refractivity contribution is -0.386. The van der Waals surface area contributed by atoms with Crippen molar-refractivity contribution in [2.45, 2.75) is 194 Å². The third-order valence-electron chi connectivity index (χ3n) is 15.1. The summed E-state index contributed by atoms with van der Waals surface area (Å²) in [6.45, 7) is 15.8. The standard InChI is InChI=1S/C54H86N8O15/c1-14-33(6)49(44(73-12)27-46(67)61-25-17-20-40(61)50(74-13)35(8)36(9)65)58(10)52(69)47(31(2)3)55-51(68)48(32(4)5)59(11)54(70)77-45(29-60-28-38(56-57-60)19-16-15-18-34(7)64)37-21-24-43(41(26-37)62(71)72)76-53-42(66)23-22-39(30-63)75-53/h21,24,26,28,31-33,35,39-40,42,44-45,47-50,53,63,66H,14-20,22-23,25,27,29-30H2,1-13H3,(H,55,68)/t33-,35-,39?,40?,42?,44+,45?,47-,48-,49-,50+,53-/m0/s1. The first-order chi connectivity index (χ1) is 36.4. The van der Waals surface area contributed by atoms with Crippen LogP contribution in [-0.4, -0.2) is 177 Å². The number of rotatable bonds is 30. The molecule has 2 saturated heterocycles. The average molecular weight is 1090 g/mol. The SMILES string of the molecule is CC[C@H](C)[C@@H]([C@@H](CC(=O)N1CCCC1[C@H](OC)[C@@H](C)C(C)=O)OC)N(C)C(=O)[C@@H](NC(=O)[C@H](C(C)C)N(C)C(=O)OC(Cn1cc(CCCCC(C)=O)nn1)c1ccc(O[C@@H]2OC(CO)CCC2O)c([N+](=O)[O-])c1)C(C)C. The largest absolute Gasteiger partial charge is 0.455 e. The van der Waals surface area contributed by atoms with Gasteiger partial charge >= 0.3 is 11.8 Å². The predicted octanol–water partition coefficient (Wildman–Crippen LogP) is 5.21. The minimum Gasteiger partial charge on any atom is -0.455 e. The van der Waals surface area contributed by atoms with Gasteiger partial charge in [-0.2, -0.15) is 0 Å². The summed E-state index contributed by atoms with van der Waals surface area (Å²) in [7, 11) is 6.05. The Morgan fingerprint density at radius 1 is 0.974 bits per heavy atom. The van der Waals surface area contributed by atoms with Crippen LogP contribution in [0, 0.1) is 33.8 Å². The minimum atomic E-state index is -1.31. The van der Waals surface area contributed by atoms with Gasteiger partial charge in [0, 0.05) is 65.0 Å². The quantitative estimate of drug-likeness (QED) is 0.0514. The number of nitro benzene ring substituents is 1. The molecule has 0 radical (unpaired) electrons. The van der Waals surface area contributed by atoms with Crippen LogP contribution in [0.5, 0.6) is 5.75 Å². The van der Waals surface area contributed by atoms with Gasteiger partial charge < -0.3 is 53.8 Å². The minimum absolute atomic E-state index is 0.0359. The fourth-order valence-corrected chi connectivity index (χ4v) is 10.4. The van der Waals surface area contributed by atoms with Crippen LogP contribution in [0.15, 0.2) is 24.4 Å². The fraction of sp³-hybridized carbons (Fsp3) is 0.741. The normalized spacial score (nSPS) is 20.8. The number of aromatic nitrogens is 3. The van der Waals surface area contributed by atoms with Crippen LogP contribution in [0.1, 0.15) is 137 Å². The van der Waals surface area contributed by atoms with Gasteiger partial charge in [-0.15, -0.1) is 5.10 Å². The van der Waals surface area contributed by atoms with Crippen LogP contribution in [-0.2, 0) is 55.9 Å². The molecule has 1 aromatic heterocycles. The van der Waals surface area contributed by atoms with Gasteiger partial charge in [0.25, 0.3) is 0 Å². The number of likely N-dealkylation sites (N-methyl/N-ethyl adjacent to an activating group) is 2. The monoisotopic (exact) mass is 1090 g/mol. The number of carbonyl (C=O) groups excluding carboxylic acids is 6. The van der Waals surface area contributed by atoms with Crippen molar-refractivity contribution in [2.24, 2.45) is 23.7 Å². The van der Waals surface area contributed by atoms with Crippen molar-refractivity contribution in [3.63, 3.8) is 0 Å². The van der Waals surface area contributed by atoms with E-state index in [1.807, 2.05) is 13.8 Å². The molecule has 0 spiro atoms. The number of hydrogen-bond acceptors (Lipinski definition) is 17. The zero-order chi connectivity index (χ0) is 57.4. The molecule has 0 bridgehead atoms. The molecule has 12 atom stereocenters. The zero-order valence-electron chi connectivity index (χ0n) is 47.4. The second-order valence-electron chi connectivity index (χ2n) is 21.5. The molecule has 4 unspecified atom stereocenters. The van der Waals surface area contributed by atoms with E-state index in [1.54, 1.807) is 59.9 Å². The highest BCUT2D eigenvalue weighted by molar-refractivity contribution is 5.92. The molecule has 23 heteroatoms. The number of nitrogens with zero attached hydrogens (tertiary/aromatic N) is 7. The highest BCUT2D eigenvalue weighted by atomic mass is 16.7. The number of benzene rings is 1. The van der Waals surface area contributed by atoms with E-state index in [9.17, 15) is 49.1 Å². The lowest BCUT2D eigenvalue weighted by atomic mass is 9.89. The molecule has 2 fully saturated rings. The number of unbranched alkanes of at least 4 members (excludes halogenated alkanes) is 1.